The van der Waals surface area contributed by atoms with Crippen molar-refractivity contribution in [2.45, 2.75) is 46.2 Å². The van der Waals surface area contributed by atoms with E-state index in [4.69, 9.17) is 0 Å². The van der Waals surface area contributed by atoms with Crippen LogP contribution in [0.5, 0.6) is 0 Å². The second-order valence-electron chi connectivity index (χ2n) is 4.49. The van der Waals surface area contributed by atoms with Crippen LogP contribution in [0.2, 0.25) is 0 Å². The average molecular weight is 249 g/mol. The molecule has 0 fully saturated rings. The highest BCUT2D eigenvalue weighted by atomic mass is 16.1. The van der Waals surface area contributed by atoms with E-state index in [0.717, 1.165) is 18.4 Å². The van der Waals surface area contributed by atoms with Crippen molar-refractivity contribution in [1.29, 1.82) is 0 Å². The van der Waals surface area contributed by atoms with Gasteiger partial charge >= 0.3 is 0 Å². The molecule has 0 bridgehead atoms. The zero-order valence-electron chi connectivity index (χ0n) is 11.5. The maximum atomic E-state index is 11.7. The van der Waals surface area contributed by atoms with Crippen LogP contribution >= 0.6 is 0 Å². The molecular weight excluding hydrogens is 226 g/mol. The number of pyridine rings is 1. The first-order chi connectivity index (χ1) is 8.67. The van der Waals surface area contributed by atoms with Crippen LogP contribution in [0.15, 0.2) is 18.5 Å². The van der Waals surface area contributed by atoms with Crippen LogP contribution in [0.1, 0.15) is 37.8 Å². The van der Waals surface area contributed by atoms with Gasteiger partial charge < -0.3 is 10.6 Å². The monoisotopic (exact) mass is 249 g/mol. The molecule has 0 aromatic carbocycles. The molecule has 4 heteroatoms. The number of hydrogen-bond acceptors (Lipinski definition) is 3. The van der Waals surface area contributed by atoms with Crippen LogP contribution in [0.25, 0.3) is 0 Å². The second-order valence-corrected chi connectivity index (χ2v) is 4.49. The van der Waals surface area contributed by atoms with Crippen molar-refractivity contribution in [2.75, 3.05) is 6.54 Å². The van der Waals surface area contributed by atoms with Gasteiger partial charge in [-0.25, -0.2) is 0 Å². The first-order valence-corrected chi connectivity index (χ1v) is 6.56. The van der Waals surface area contributed by atoms with E-state index in [9.17, 15) is 4.79 Å². The largest absolute Gasteiger partial charge is 0.352 e. The Balaban J connectivity index is 2.29. The van der Waals surface area contributed by atoms with Crippen molar-refractivity contribution in [2.24, 2.45) is 0 Å². The number of carbonyl (C=O) groups is 1. The molecule has 0 aliphatic heterocycles. The topological polar surface area (TPSA) is 54.0 Å². The van der Waals surface area contributed by atoms with Gasteiger partial charge in [-0.05, 0) is 37.0 Å². The Morgan fingerprint density at radius 1 is 1.39 bits per heavy atom. The quantitative estimate of drug-likeness (QED) is 0.774. The summed E-state index contributed by atoms with van der Waals surface area (Å²) in [6, 6.07) is 2.27. The van der Waals surface area contributed by atoms with Crippen LogP contribution < -0.4 is 10.6 Å². The molecule has 0 atom stereocenters. The lowest BCUT2D eigenvalue weighted by atomic mass is 10.1. The van der Waals surface area contributed by atoms with E-state index in [-0.39, 0.29) is 5.91 Å². The number of rotatable bonds is 7. The van der Waals surface area contributed by atoms with Gasteiger partial charge in [0, 0.05) is 25.0 Å². The fourth-order valence-corrected chi connectivity index (χ4v) is 1.78. The highest BCUT2D eigenvalue weighted by molar-refractivity contribution is 5.78. The molecule has 18 heavy (non-hydrogen) atoms. The van der Waals surface area contributed by atoms with E-state index in [0.29, 0.717) is 19.1 Å². The maximum Gasteiger partial charge on any atom is 0.234 e. The van der Waals surface area contributed by atoms with Crippen molar-refractivity contribution >= 4 is 5.91 Å². The van der Waals surface area contributed by atoms with Gasteiger partial charge in [-0.15, -0.1) is 0 Å². The number of aryl methyl sites for hydroxylation is 1. The molecule has 1 aromatic heterocycles. The number of carbonyl (C=O) groups excluding carboxylic acids is 1. The fraction of sp³-hybridized carbons (Fsp3) is 0.571. The van der Waals surface area contributed by atoms with Gasteiger partial charge in [0.2, 0.25) is 5.91 Å². The average Bonchev–Trinajstić information content (AvgIpc) is 2.38. The van der Waals surface area contributed by atoms with Gasteiger partial charge in [0.25, 0.3) is 0 Å². The summed E-state index contributed by atoms with van der Waals surface area (Å²) in [7, 11) is 0. The predicted octanol–water partition coefficient (Wildman–Crippen LogP) is 1.78. The number of nitrogens with one attached hydrogen (secondary N) is 2. The normalized spacial score (nSPS) is 10.7. The van der Waals surface area contributed by atoms with Crippen molar-refractivity contribution in [3.05, 3.63) is 29.6 Å². The third-order valence-corrected chi connectivity index (χ3v) is 3.09. The first-order valence-electron chi connectivity index (χ1n) is 6.56. The van der Waals surface area contributed by atoms with Crippen LogP contribution in [0, 0.1) is 6.92 Å². The van der Waals surface area contributed by atoms with E-state index >= 15 is 0 Å². The number of nitrogens with zero attached hydrogens (tertiary/aromatic N) is 1. The minimum absolute atomic E-state index is 0.0652. The minimum Gasteiger partial charge on any atom is -0.352 e. The zero-order valence-corrected chi connectivity index (χ0v) is 11.5. The van der Waals surface area contributed by atoms with Crippen molar-refractivity contribution < 1.29 is 4.79 Å². The number of aromatic nitrogens is 1. The lowest BCUT2D eigenvalue weighted by molar-refractivity contribution is -0.121. The Kier molecular flexibility index (Phi) is 6.36. The van der Waals surface area contributed by atoms with E-state index in [2.05, 4.69) is 29.5 Å². The molecule has 4 nitrogen and oxygen atoms in total. The van der Waals surface area contributed by atoms with E-state index in [1.165, 1.54) is 5.56 Å². The summed E-state index contributed by atoms with van der Waals surface area (Å²) in [6.45, 7) is 7.25. The smallest absolute Gasteiger partial charge is 0.234 e. The molecule has 100 valence electrons. The predicted molar refractivity (Wildman–Crippen MR) is 73.2 cm³/mol. The van der Waals surface area contributed by atoms with Gasteiger partial charge in [0.15, 0.2) is 0 Å². The molecule has 0 radical (unpaired) electrons. The molecule has 0 saturated heterocycles. The van der Waals surface area contributed by atoms with Gasteiger partial charge in [-0.2, -0.15) is 0 Å². The number of amides is 1. The molecule has 0 unspecified atom stereocenters. The molecule has 1 aromatic rings. The maximum absolute atomic E-state index is 11.7. The third-order valence-electron chi connectivity index (χ3n) is 3.09. The molecule has 2 N–H and O–H groups in total. The standard InChI is InChI=1S/C14H23N3O/c1-4-13(5-2)17-14(18)10-16-9-12-6-7-15-8-11(12)3/h6-8,13,16H,4-5,9-10H2,1-3H3,(H,17,18). The first kappa shape index (κ1) is 14.6. The lowest BCUT2D eigenvalue weighted by Gasteiger charge is -2.15. The summed E-state index contributed by atoms with van der Waals surface area (Å²) in [5.41, 5.74) is 2.32. The van der Waals surface area contributed by atoms with E-state index < -0.39 is 0 Å². The summed E-state index contributed by atoms with van der Waals surface area (Å²) >= 11 is 0. The van der Waals surface area contributed by atoms with Gasteiger partial charge in [0.05, 0.1) is 6.54 Å². The summed E-state index contributed by atoms with van der Waals surface area (Å²) in [5.74, 6) is 0.0652. The summed E-state index contributed by atoms with van der Waals surface area (Å²) in [4.78, 5) is 15.7. The third kappa shape index (κ3) is 4.84. The molecule has 0 saturated carbocycles. The Morgan fingerprint density at radius 3 is 2.72 bits per heavy atom. The van der Waals surface area contributed by atoms with Crippen LogP contribution in [-0.2, 0) is 11.3 Å². The Bertz CT molecular complexity index is 375. The number of hydrogen-bond donors (Lipinski definition) is 2. The molecule has 0 aliphatic rings. The lowest BCUT2D eigenvalue weighted by Crippen LogP contribution is -2.39. The van der Waals surface area contributed by atoms with Crippen molar-refractivity contribution in [3.63, 3.8) is 0 Å². The van der Waals surface area contributed by atoms with Crippen LogP contribution in [0.4, 0.5) is 0 Å². The summed E-state index contributed by atoms with van der Waals surface area (Å²) < 4.78 is 0. The Hall–Kier alpha value is -1.42. The SMILES string of the molecule is CCC(CC)NC(=O)CNCc1ccncc1C. The highest BCUT2D eigenvalue weighted by Gasteiger charge is 2.07. The van der Waals surface area contributed by atoms with Crippen LogP contribution in [-0.4, -0.2) is 23.5 Å². The Labute approximate surface area is 109 Å². The van der Waals surface area contributed by atoms with Crippen molar-refractivity contribution in [1.82, 2.24) is 15.6 Å². The van der Waals surface area contributed by atoms with E-state index in [1.54, 1.807) is 6.20 Å². The van der Waals surface area contributed by atoms with Crippen LogP contribution in [0.3, 0.4) is 0 Å². The molecule has 1 rings (SSSR count). The highest BCUT2D eigenvalue weighted by Crippen LogP contribution is 2.03. The van der Waals surface area contributed by atoms with Gasteiger partial charge in [-0.3, -0.25) is 9.78 Å². The fourth-order valence-electron chi connectivity index (χ4n) is 1.78. The minimum atomic E-state index is 0.0652. The molecule has 0 aliphatic carbocycles. The van der Waals surface area contributed by atoms with Gasteiger partial charge in [-0.1, -0.05) is 13.8 Å². The summed E-state index contributed by atoms with van der Waals surface area (Å²) in [6.07, 6.45) is 5.56. The van der Waals surface area contributed by atoms with Crippen molar-refractivity contribution in [3.8, 4) is 0 Å². The van der Waals surface area contributed by atoms with Gasteiger partial charge in [0.1, 0.15) is 0 Å². The summed E-state index contributed by atoms with van der Waals surface area (Å²) in [5, 5.41) is 6.16. The Morgan fingerprint density at radius 2 is 2.11 bits per heavy atom. The zero-order chi connectivity index (χ0) is 13.4. The second kappa shape index (κ2) is 7.82. The molecular formula is C14H23N3O. The molecule has 1 amide bonds. The molecule has 1 heterocycles. The van der Waals surface area contributed by atoms with E-state index in [1.807, 2.05) is 19.2 Å². The molecule has 0 spiro atoms.